The fourth-order valence-electron chi connectivity index (χ4n) is 0. The van der Waals surface area contributed by atoms with E-state index in [1.165, 1.54) is 0 Å². The molecule has 0 aromatic carbocycles. The molecule has 41 valence electrons. The van der Waals surface area contributed by atoms with E-state index in [4.69, 9.17) is 0 Å². The molecule has 0 aromatic heterocycles. The molecule has 0 fully saturated rings. The van der Waals surface area contributed by atoms with E-state index in [0.29, 0.717) is 0 Å². The summed E-state index contributed by atoms with van der Waals surface area (Å²) in [5.74, 6) is 0. The van der Waals surface area contributed by atoms with Crippen LogP contribution in [0.25, 0.3) is 0 Å². The number of hydrogen-bond acceptors (Lipinski definition) is 0. The zero-order chi connectivity index (χ0) is 0. The van der Waals surface area contributed by atoms with Gasteiger partial charge in [0.05, 0.1) is 0 Å². The van der Waals surface area contributed by atoms with Gasteiger partial charge in [0.2, 0.25) is 0 Å². The first-order chi connectivity index (χ1) is 0. The normalized spacial score (nSPS) is 0. The molecule has 0 unspecified atom stereocenters. The van der Waals surface area contributed by atoms with Crippen molar-refractivity contribution in [3.8, 4) is 0 Å². The molecule has 0 saturated carbocycles. The Kier molecular flexibility index (Phi) is 686. The molecule has 0 aliphatic heterocycles. The van der Waals surface area contributed by atoms with E-state index in [1.54, 1.807) is 0 Å². The van der Waals surface area contributed by atoms with E-state index < -0.39 is 0 Å². The third-order valence-corrected chi connectivity index (χ3v) is 0. The van der Waals surface area contributed by atoms with Crippen LogP contribution >= 0.6 is 0 Å². The average molecular weight is 321 g/mol. The van der Waals surface area contributed by atoms with Crippen LogP contribution in [0.4, 0.5) is 0 Å². The summed E-state index contributed by atoms with van der Waals surface area (Å²) in [6, 6.07) is 0. The molecule has 0 atom stereocenters. The summed E-state index contributed by atoms with van der Waals surface area (Å²) in [4.78, 5) is 0. The van der Waals surface area contributed by atoms with E-state index in [0.717, 1.165) is 0 Å². The first-order valence-corrected chi connectivity index (χ1v) is 0. The monoisotopic (exact) mass is 319 g/mol. The quantitative estimate of drug-likeness (QED) is 0.411. The topological polar surface area (TPSA) is 0 Å². The SMILES string of the molecule is [B].[Ni].[SiH4].[SiH4].[Ti].[Ti].[Zr]. The van der Waals surface area contributed by atoms with Gasteiger partial charge >= 0.3 is 0 Å². The second-order valence-electron chi connectivity index (χ2n) is 0. The van der Waals surface area contributed by atoms with Crippen LogP contribution in [0, 0.1) is 0 Å². The van der Waals surface area contributed by atoms with E-state index >= 15 is 0 Å². The van der Waals surface area contributed by atoms with Crippen molar-refractivity contribution < 1.29 is 86.1 Å². The van der Waals surface area contributed by atoms with Crippen molar-refractivity contribution in [3.63, 3.8) is 0 Å². The van der Waals surface area contributed by atoms with Crippen LogP contribution < -0.4 is 0 Å². The smallest absolute Gasteiger partial charge is 0 e. The van der Waals surface area contributed by atoms with Crippen molar-refractivity contribution in [2.45, 2.75) is 0 Å². The van der Waals surface area contributed by atoms with Crippen LogP contribution in [0.5, 0.6) is 0 Å². The first-order valence-electron chi connectivity index (χ1n) is 0. The van der Waals surface area contributed by atoms with Gasteiger partial charge in [0, 0.05) is 94.5 Å². The Bertz CT molecular complexity index is 15.7. The Balaban J connectivity index is 0. The maximum atomic E-state index is 0. The first kappa shape index (κ1) is 81.7. The molecule has 7 heteroatoms. The van der Waals surface area contributed by atoms with Crippen LogP contribution in [-0.4, -0.2) is 30.3 Å². The summed E-state index contributed by atoms with van der Waals surface area (Å²) >= 11 is 0. The molecule has 0 bridgehead atoms. The van der Waals surface area contributed by atoms with Crippen molar-refractivity contribution in [2.24, 2.45) is 0 Å². The van der Waals surface area contributed by atoms with Crippen molar-refractivity contribution in [3.05, 3.63) is 0 Å². The van der Waals surface area contributed by atoms with Gasteiger partial charge in [-0.3, -0.25) is 0 Å². The third kappa shape index (κ3) is 45.5. The van der Waals surface area contributed by atoms with Crippen LogP contribution in [0.15, 0.2) is 0 Å². The van der Waals surface area contributed by atoms with Crippen molar-refractivity contribution in [1.82, 2.24) is 0 Å². The van der Waals surface area contributed by atoms with Gasteiger partial charge in [-0.05, 0) is 21.9 Å². The van der Waals surface area contributed by atoms with Crippen molar-refractivity contribution in [1.29, 1.82) is 0 Å². The molecule has 0 rings (SSSR count). The van der Waals surface area contributed by atoms with E-state index in [9.17, 15) is 0 Å². The minimum absolute atomic E-state index is 0. The van der Waals surface area contributed by atoms with E-state index in [-0.39, 0.29) is 116 Å². The van der Waals surface area contributed by atoms with Crippen LogP contribution in [0.3, 0.4) is 0 Å². The van der Waals surface area contributed by atoms with Gasteiger partial charge < -0.3 is 0 Å². The Hall–Kier alpha value is 3.30. The fourth-order valence-corrected chi connectivity index (χ4v) is 0. The fraction of sp³-hybridized carbons (Fsp3) is 0. The molecule has 0 spiro atoms. The van der Waals surface area contributed by atoms with Gasteiger partial charge in [-0.1, -0.05) is 0 Å². The molecule has 0 aliphatic rings. The van der Waals surface area contributed by atoms with Crippen LogP contribution in [0.1, 0.15) is 0 Å². The second kappa shape index (κ2) is 58.8. The molecular formula is H8BNiSi2Ti2Zr. The largest absolute Gasteiger partial charge is 0.0149 e. The maximum Gasteiger partial charge on any atom is 0 e. The Morgan fingerprint density at radius 2 is 0.714 bits per heavy atom. The maximum absolute atomic E-state index is 0. The Morgan fingerprint density at radius 1 is 0.714 bits per heavy atom. The molecule has 3 radical (unpaired) electrons. The zero-order valence-electron chi connectivity index (χ0n) is 2.39. The minimum Gasteiger partial charge on any atom is -0.0149 e. The summed E-state index contributed by atoms with van der Waals surface area (Å²) in [6.45, 7) is 0. The summed E-state index contributed by atoms with van der Waals surface area (Å²) in [5, 5.41) is 0. The van der Waals surface area contributed by atoms with Gasteiger partial charge in [-0.25, -0.2) is 0 Å². The standard InChI is InChI=1S/B.Ni.2H4Si.2Ti.Zr/h;;2*1H4;;;. The predicted molar refractivity (Wildman–Crippen MR) is 28.4 cm³/mol. The molecule has 7 heavy (non-hydrogen) atoms. The van der Waals surface area contributed by atoms with Gasteiger partial charge in [0.15, 0.2) is 0 Å². The Labute approximate surface area is 115 Å². The molecule has 0 aliphatic carbocycles. The van der Waals surface area contributed by atoms with Gasteiger partial charge in [0.25, 0.3) is 0 Å². The molecule has 0 N–H and O–H groups in total. The van der Waals surface area contributed by atoms with Crippen LogP contribution in [0.2, 0.25) is 0 Å². The second-order valence-corrected chi connectivity index (χ2v) is 0. The molecular weight excluding hydrogens is 313 g/mol. The summed E-state index contributed by atoms with van der Waals surface area (Å²) in [6.07, 6.45) is 0. The summed E-state index contributed by atoms with van der Waals surface area (Å²) in [5.41, 5.74) is 0. The third-order valence-electron chi connectivity index (χ3n) is 0. The zero-order valence-corrected chi connectivity index (χ0v) is 8.96. The minimum atomic E-state index is 0. The summed E-state index contributed by atoms with van der Waals surface area (Å²) in [7, 11) is 0. The molecule has 0 saturated heterocycles. The summed E-state index contributed by atoms with van der Waals surface area (Å²) < 4.78 is 0. The molecule has 0 nitrogen and oxygen atoms in total. The van der Waals surface area contributed by atoms with Gasteiger partial charge in [0.1, 0.15) is 0 Å². The molecule has 0 amide bonds. The van der Waals surface area contributed by atoms with Crippen molar-refractivity contribution >= 4 is 30.3 Å². The van der Waals surface area contributed by atoms with Gasteiger partial charge in [-0.2, -0.15) is 0 Å². The molecule has 0 aromatic rings. The molecule has 0 heterocycles. The van der Waals surface area contributed by atoms with Crippen molar-refractivity contribution in [2.75, 3.05) is 0 Å². The van der Waals surface area contributed by atoms with Gasteiger partial charge in [-0.15, -0.1) is 0 Å². The van der Waals surface area contributed by atoms with E-state index in [1.807, 2.05) is 0 Å². The number of hydrogen-bond donors (Lipinski definition) is 0. The average Bonchev–Trinajstić information content (AvgIpc) is 0. The van der Waals surface area contributed by atoms with Crippen LogP contribution in [-0.2, 0) is 86.1 Å². The number of rotatable bonds is 0. The Morgan fingerprint density at radius 3 is 0.714 bits per heavy atom. The van der Waals surface area contributed by atoms with E-state index in [2.05, 4.69) is 0 Å². The predicted octanol–water partition coefficient (Wildman–Crippen LogP) is -3.29.